The van der Waals surface area contributed by atoms with Gasteiger partial charge in [-0.2, -0.15) is 0 Å². The summed E-state index contributed by atoms with van der Waals surface area (Å²) in [4.78, 5) is 36.1. The molecule has 0 aliphatic heterocycles. The smallest absolute Gasteiger partial charge is 0.333 e. The van der Waals surface area contributed by atoms with Crippen LogP contribution in [0.4, 0.5) is 4.39 Å². The van der Waals surface area contributed by atoms with E-state index in [1.165, 1.54) is 19.1 Å². The van der Waals surface area contributed by atoms with Crippen molar-refractivity contribution in [2.75, 3.05) is 0 Å². The molecule has 1 amide bonds. The average Bonchev–Trinajstić information content (AvgIpc) is 2.66. The molecular weight excluding hydrogens is 349 g/mol. The topological polar surface area (TPSA) is 83.5 Å². The highest BCUT2D eigenvalue weighted by Gasteiger charge is 2.36. The molecule has 2 N–H and O–H groups in total. The fourth-order valence-corrected chi connectivity index (χ4v) is 2.67. The first-order valence-electron chi connectivity index (χ1n) is 8.69. The number of nitrogens with one attached hydrogen (secondary N) is 1. The summed E-state index contributed by atoms with van der Waals surface area (Å²) in [5, 5.41) is 12.0. The molecule has 0 bridgehead atoms. The molecule has 27 heavy (non-hydrogen) atoms. The van der Waals surface area contributed by atoms with Gasteiger partial charge in [-0.25, -0.2) is 9.18 Å². The molecule has 2 aromatic rings. The second-order valence-electron chi connectivity index (χ2n) is 6.46. The lowest BCUT2D eigenvalue weighted by Gasteiger charge is -2.26. The minimum Gasteiger partial charge on any atom is -0.479 e. The number of rotatable bonds is 8. The summed E-state index contributed by atoms with van der Waals surface area (Å²) >= 11 is 0. The highest BCUT2D eigenvalue weighted by atomic mass is 19.1. The molecule has 0 aliphatic rings. The summed E-state index contributed by atoms with van der Waals surface area (Å²) < 4.78 is 13.1. The molecular formula is C21H22FNO4. The van der Waals surface area contributed by atoms with Crippen molar-refractivity contribution < 1.29 is 23.9 Å². The van der Waals surface area contributed by atoms with Crippen LogP contribution in [-0.4, -0.2) is 22.8 Å². The summed E-state index contributed by atoms with van der Waals surface area (Å²) in [5.74, 6) is -2.53. The highest BCUT2D eigenvalue weighted by Crippen LogP contribution is 2.22. The molecule has 0 saturated carbocycles. The number of carbonyl (C=O) groups is 3. The van der Waals surface area contributed by atoms with Gasteiger partial charge in [-0.3, -0.25) is 9.59 Å². The van der Waals surface area contributed by atoms with Crippen LogP contribution in [0.25, 0.3) is 0 Å². The van der Waals surface area contributed by atoms with Crippen molar-refractivity contribution in [2.45, 2.75) is 38.6 Å². The van der Waals surface area contributed by atoms with E-state index < -0.39 is 23.2 Å². The summed E-state index contributed by atoms with van der Waals surface area (Å²) in [5.41, 5.74) is 0.156. The van der Waals surface area contributed by atoms with Gasteiger partial charge in [-0.15, -0.1) is 0 Å². The van der Waals surface area contributed by atoms with Crippen molar-refractivity contribution in [3.8, 4) is 0 Å². The molecule has 0 heterocycles. The number of halogens is 1. The van der Waals surface area contributed by atoms with E-state index in [9.17, 15) is 23.9 Å². The zero-order valence-corrected chi connectivity index (χ0v) is 15.3. The lowest BCUT2D eigenvalue weighted by atomic mass is 9.91. The molecule has 6 heteroatoms. The minimum atomic E-state index is -1.71. The van der Waals surface area contributed by atoms with Gasteiger partial charge in [0.05, 0.1) is 0 Å². The number of amides is 1. The Hall–Kier alpha value is -3.02. The number of aryl methyl sites for hydroxylation is 1. The molecule has 0 aliphatic carbocycles. The average molecular weight is 371 g/mol. The molecule has 0 fully saturated rings. The Labute approximate surface area is 157 Å². The van der Waals surface area contributed by atoms with Crippen LogP contribution in [0.15, 0.2) is 48.5 Å². The van der Waals surface area contributed by atoms with E-state index in [4.69, 9.17) is 0 Å². The number of hydrogen-bond donors (Lipinski definition) is 2. The van der Waals surface area contributed by atoms with Gasteiger partial charge in [-0.05, 0) is 36.6 Å². The van der Waals surface area contributed by atoms with Gasteiger partial charge < -0.3 is 10.4 Å². The minimum absolute atomic E-state index is 0.0313. The predicted molar refractivity (Wildman–Crippen MR) is 98.9 cm³/mol. The third-order valence-electron chi connectivity index (χ3n) is 4.50. The molecule has 1 atom stereocenters. The SMILES string of the molecule is CCc1ccc(C(=O)CCC(=O)NC(C)(C(=O)O)c2ccc(F)cc2)cc1. The van der Waals surface area contributed by atoms with Gasteiger partial charge >= 0.3 is 5.97 Å². The number of aliphatic carboxylic acids is 1. The van der Waals surface area contributed by atoms with Gasteiger partial charge in [0, 0.05) is 18.4 Å². The van der Waals surface area contributed by atoms with E-state index in [2.05, 4.69) is 5.32 Å². The van der Waals surface area contributed by atoms with Crippen LogP contribution in [-0.2, 0) is 21.5 Å². The molecule has 0 saturated heterocycles. The first-order chi connectivity index (χ1) is 12.8. The van der Waals surface area contributed by atoms with Crippen LogP contribution in [0.2, 0.25) is 0 Å². The third kappa shape index (κ3) is 5.00. The lowest BCUT2D eigenvalue weighted by molar-refractivity contribution is -0.147. The standard InChI is InChI=1S/C21H22FNO4/c1-3-14-4-6-15(7-5-14)18(24)12-13-19(25)23-21(2,20(26)27)16-8-10-17(22)11-9-16/h4-11H,3,12-13H2,1-2H3,(H,23,25)(H,26,27). The van der Waals surface area contributed by atoms with Crippen LogP contribution in [0, 0.1) is 5.82 Å². The molecule has 142 valence electrons. The van der Waals surface area contributed by atoms with Crippen molar-refractivity contribution in [1.29, 1.82) is 0 Å². The number of carboxylic acids is 1. The van der Waals surface area contributed by atoms with Crippen LogP contribution in [0.1, 0.15) is 48.2 Å². The van der Waals surface area contributed by atoms with Crippen molar-refractivity contribution >= 4 is 17.7 Å². The fraction of sp³-hybridized carbons (Fsp3) is 0.286. The van der Waals surface area contributed by atoms with Gasteiger partial charge in [0.25, 0.3) is 0 Å². The van der Waals surface area contributed by atoms with E-state index in [1.807, 2.05) is 19.1 Å². The van der Waals surface area contributed by atoms with Crippen LogP contribution >= 0.6 is 0 Å². The molecule has 0 radical (unpaired) electrons. The van der Waals surface area contributed by atoms with Crippen molar-refractivity contribution in [1.82, 2.24) is 5.32 Å². The summed E-state index contributed by atoms with van der Waals surface area (Å²) in [6.45, 7) is 3.34. The largest absolute Gasteiger partial charge is 0.479 e. The van der Waals surface area contributed by atoms with E-state index in [-0.39, 0.29) is 24.2 Å². The number of benzene rings is 2. The molecule has 2 aromatic carbocycles. The molecule has 1 unspecified atom stereocenters. The Morgan fingerprint density at radius 3 is 2.11 bits per heavy atom. The van der Waals surface area contributed by atoms with E-state index in [0.717, 1.165) is 24.1 Å². The number of carbonyl (C=O) groups excluding carboxylic acids is 2. The highest BCUT2D eigenvalue weighted by molar-refractivity contribution is 5.98. The fourth-order valence-electron chi connectivity index (χ4n) is 2.67. The first kappa shape index (κ1) is 20.3. The van der Waals surface area contributed by atoms with E-state index >= 15 is 0 Å². The number of Topliss-reactive ketones (excluding diaryl/α,β-unsaturated/α-hetero) is 1. The Balaban J connectivity index is 2.02. The van der Waals surface area contributed by atoms with Gasteiger partial charge in [0.15, 0.2) is 11.3 Å². The Morgan fingerprint density at radius 1 is 1.00 bits per heavy atom. The van der Waals surface area contributed by atoms with Crippen molar-refractivity contribution in [3.05, 3.63) is 71.0 Å². The summed E-state index contributed by atoms with van der Waals surface area (Å²) in [6, 6.07) is 12.1. The maximum atomic E-state index is 13.1. The zero-order valence-electron chi connectivity index (χ0n) is 15.3. The monoisotopic (exact) mass is 371 g/mol. The quantitative estimate of drug-likeness (QED) is 0.696. The maximum absolute atomic E-state index is 13.1. The van der Waals surface area contributed by atoms with Gasteiger partial charge in [0.2, 0.25) is 5.91 Å². The van der Waals surface area contributed by atoms with Crippen LogP contribution in [0.5, 0.6) is 0 Å². The molecule has 0 spiro atoms. The number of ketones is 1. The van der Waals surface area contributed by atoms with E-state index in [1.54, 1.807) is 12.1 Å². The lowest BCUT2D eigenvalue weighted by Crippen LogP contribution is -2.49. The van der Waals surface area contributed by atoms with E-state index in [0.29, 0.717) is 5.56 Å². The number of hydrogen-bond acceptors (Lipinski definition) is 3. The number of carboxylic acid groups (broad SMARTS) is 1. The maximum Gasteiger partial charge on any atom is 0.333 e. The predicted octanol–water partition coefficient (Wildman–Crippen LogP) is 3.47. The third-order valence-corrected chi connectivity index (χ3v) is 4.50. The summed E-state index contributed by atoms with van der Waals surface area (Å²) in [6.07, 6.45) is 0.697. The zero-order chi connectivity index (χ0) is 20.0. The van der Waals surface area contributed by atoms with Crippen LogP contribution in [0.3, 0.4) is 0 Å². The van der Waals surface area contributed by atoms with Crippen molar-refractivity contribution in [3.63, 3.8) is 0 Å². The molecule has 5 nitrogen and oxygen atoms in total. The summed E-state index contributed by atoms with van der Waals surface area (Å²) in [7, 11) is 0. The molecule has 2 rings (SSSR count). The Morgan fingerprint density at radius 2 is 1.59 bits per heavy atom. The normalized spacial score (nSPS) is 12.9. The second kappa shape index (κ2) is 8.58. The van der Waals surface area contributed by atoms with Gasteiger partial charge in [0.1, 0.15) is 5.82 Å². The first-order valence-corrected chi connectivity index (χ1v) is 8.69. The van der Waals surface area contributed by atoms with Crippen molar-refractivity contribution in [2.24, 2.45) is 0 Å². The molecule has 0 aromatic heterocycles. The second-order valence-corrected chi connectivity index (χ2v) is 6.46. The Kier molecular flexibility index (Phi) is 6.45. The van der Waals surface area contributed by atoms with Gasteiger partial charge in [-0.1, -0.05) is 43.3 Å². The Bertz CT molecular complexity index is 830. The van der Waals surface area contributed by atoms with Crippen LogP contribution < -0.4 is 5.32 Å².